The number of rotatable bonds is 3. The summed E-state index contributed by atoms with van der Waals surface area (Å²) in [5.74, 6) is 0.714. The predicted molar refractivity (Wildman–Crippen MR) is 57.6 cm³/mol. The van der Waals surface area contributed by atoms with E-state index in [2.05, 4.69) is 29.8 Å². The third kappa shape index (κ3) is 2.49. The lowest BCUT2D eigenvalue weighted by Gasteiger charge is -2.38. The van der Waals surface area contributed by atoms with Crippen LogP contribution in [-0.2, 0) is 0 Å². The molecule has 0 spiro atoms. The zero-order chi connectivity index (χ0) is 10.6. The highest BCUT2D eigenvalue weighted by Crippen LogP contribution is 2.20. The lowest BCUT2D eigenvalue weighted by Crippen LogP contribution is -2.48. The van der Waals surface area contributed by atoms with Gasteiger partial charge in [-0.25, -0.2) is 0 Å². The van der Waals surface area contributed by atoms with E-state index in [1.165, 1.54) is 6.42 Å². The highest BCUT2D eigenvalue weighted by molar-refractivity contribution is 5.04. The molecule has 0 aliphatic carbocycles. The first-order chi connectivity index (χ1) is 6.69. The van der Waals surface area contributed by atoms with Gasteiger partial charge in [0.2, 0.25) is 0 Å². The van der Waals surface area contributed by atoms with Crippen molar-refractivity contribution < 1.29 is 0 Å². The van der Waals surface area contributed by atoms with E-state index < -0.39 is 0 Å². The van der Waals surface area contributed by atoms with Crippen LogP contribution < -0.4 is 5.32 Å². The van der Waals surface area contributed by atoms with Crippen LogP contribution in [0.4, 0.5) is 0 Å². The molecule has 1 aliphatic heterocycles. The highest BCUT2D eigenvalue weighted by atomic mass is 15.2. The molecule has 1 fully saturated rings. The summed E-state index contributed by atoms with van der Waals surface area (Å²) in [6.07, 6.45) is 1.63. The second-order valence-electron chi connectivity index (χ2n) is 4.01. The number of hydrogen-bond donors (Lipinski definition) is 1. The van der Waals surface area contributed by atoms with Gasteiger partial charge >= 0.3 is 0 Å². The number of nitrogens with one attached hydrogen (secondary N) is 1. The maximum absolute atomic E-state index is 8.59. The average molecular weight is 193 g/mol. The molecule has 78 valence electrons. The molecule has 1 saturated heterocycles. The SMILES string of the molecule is C=C(CC#N)N1CCC(C)C(NC)C1. The van der Waals surface area contributed by atoms with Gasteiger partial charge in [-0.05, 0) is 19.4 Å². The molecule has 0 amide bonds. The Morgan fingerprint density at radius 1 is 1.71 bits per heavy atom. The van der Waals surface area contributed by atoms with E-state index in [4.69, 9.17) is 5.26 Å². The van der Waals surface area contributed by atoms with Crippen molar-refractivity contribution in [1.29, 1.82) is 5.26 Å². The Kier molecular flexibility index (Phi) is 3.97. The van der Waals surface area contributed by atoms with E-state index >= 15 is 0 Å². The van der Waals surface area contributed by atoms with E-state index in [1.807, 2.05) is 7.05 Å². The molecule has 0 aromatic heterocycles. The van der Waals surface area contributed by atoms with Crippen LogP contribution in [0.5, 0.6) is 0 Å². The maximum Gasteiger partial charge on any atom is 0.0745 e. The van der Waals surface area contributed by atoms with Gasteiger partial charge in [0.25, 0.3) is 0 Å². The van der Waals surface area contributed by atoms with Crippen LogP contribution >= 0.6 is 0 Å². The van der Waals surface area contributed by atoms with Crippen LogP contribution in [0.25, 0.3) is 0 Å². The minimum atomic E-state index is 0.449. The summed E-state index contributed by atoms with van der Waals surface area (Å²) in [6.45, 7) is 8.23. The summed E-state index contributed by atoms with van der Waals surface area (Å²) in [5.41, 5.74) is 0.958. The van der Waals surface area contributed by atoms with Crippen LogP contribution in [0, 0.1) is 17.2 Å². The Morgan fingerprint density at radius 2 is 2.43 bits per heavy atom. The molecule has 2 unspecified atom stereocenters. The van der Waals surface area contributed by atoms with Gasteiger partial charge in [-0.1, -0.05) is 13.5 Å². The van der Waals surface area contributed by atoms with Gasteiger partial charge in [0, 0.05) is 24.8 Å². The zero-order valence-corrected chi connectivity index (χ0v) is 9.08. The standard InChI is InChI=1S/C11H19N3/c1-9-5-7-14(8-11(9)13-3)10(2)4-6-12/h9,11,13H,2,4-5,7-8H2,1,3H3. The zero-order valence-electron chi connectivity index (χ0n) is 9.08. The fourth-order valence-corrected chi connectivity index (χ4v) is 1.94. The van der Waals surface area contributed by atoms with Crippen LogP contribution in [0.15, 0.2) is 12.3 Å². The molecular weight excluding hydrogens is 174 g/mol. The van der Waals surface area contributed by atoms with Crippen LogP contribution in [-0.4, -0.2) is 31.1 Å². The first-order valence-electron chi connectivity index (χ1n) is 5.16. The van der Waals surface area contributed by atoms with E-state index in [9.17, 15) is 0 Å². The van der Waals surface area contributed by atoms with Gasteiger partial charge in [0.1, 0.15) is 0 Å². The number of allylic oxidation sites excluding steroid dienone is 1. The smallest absolute Gasteiger partial charge is 0.0745 e. The largest absolute Gasteiger partial charge is 0.373 e. The lowest BCUT2D eigenvalue weighted by molar-refractivity contribution is 0.187. The molecule has 1 heterocycles. The molecule has 1 aliphatic rings. The van der Waals surface area contributed by atoms with Gasteiger partial charge in [-0.3, -0.25) is 0 Å². The summed E-state index contributed by atoms with van der Waals surface area (Å²) in [6, 6.07) is 2.67. The summed E-state index contributed by atoms with van der Waals surface area (Å²) in [7, 11) is 2.00. The van der Waals surface area contributed by atoms with Crippen LogP contribution in [0.3, 0.4) is 0 Å². The number of likely N-dealkylation sites (N-methyl/N-ethyl adjacent to an activating group) is 1. The summed E-state index contributed by atoms with van der Waals surface area (Å²) >= 11 is 0. The predicted octanol–water partition coefficient (Wildman–Crippen LogP) is 1.34. The minimum Gasteiger partial charge on any atom is -0.373 e. The van der Waals surface area contributed by atoms with E-state index in [0.29, 0.717) is 18.4 Å². The van der Waals surface area contributed by atoms with Crippen molar-refractivity contribution in [3.8, 4) is 6.07 Å². The Balaban J connectivity index is 2.50. The molecule has 0 aromatic carbocycles. The second kappa shape index (κ2) is 5.02. The van der Waals surface area contributed by atoms with Gasteiger partial charge in [0.05, 0.1) is 12.5 Å². The minimum absolute atomic E-state index is 0.449. The molecular formula is C11H19N3. The van der Waals surface area contributed by atoms with Crippen molar-refractivity contribution in [2.45, 2.75) is 25.8 Å². The fourth-order valence-electron chi connectivity index (χ4n) is 1.94. The molecule has 0 aromatic rings. The van der Waals surface area contributed by atoms with Gasteiger partial charge in [-0.15, -0.1) is 0 Å². The quantitative estimate of drug-likeness (QED) is 0.735. The average Bonchev–Trinajstić information content (AvgIpc) is 2.19. The third-order valence-electron chi connectivity index (χ3n) is 3.06. The molecule has 14 heavy (non-hydrogen) atoms. The molecule has 0 bridgehead atoms. The van der Waals surface area contributed by atoms with Crippen molar-refractivity contribution in [3.05, 3.63) is 12.3 Å². The van der Waals surface area contributed by atoms with Crippen LogP contribution in [0.2, 0.25) is 0 Å². The summed E-state index contributed by atoms with van der Waals surface area (Å²) in [5, 5.41) is 11.9. The number of piperidine rings is 1. The van der Waals surface area contributed by atoms with Crippen molar-refractivity contribution in [3.63, 3.8) is 0 Å². The molecule has 1 rings (SSSR count). The van der Waals surface area contributed by atoms with Gasteiger partial charge in [-0.2, -0.15) is 5.26 Å². The van der Waals surface area contributed by atoms with Gasteiger partial charge in [0.15, 0.2) is 0 Å². The van der Waals surface area contributed by atoms with Crippen molar-refractivity contribution in [2.75, 3.05) is 20.1 Å². The topological polar surface area (TPSA) is 39.1 Å². The van der Waals surface area contributed by atoms with Crippen molar-refractivity contribution >= 4 is 0 Å². The van der Waals surface area contributed by atoms with Gasteiger partial charge < -0.3 is 10.2 Å². The molecule has 2 atom stereocenters. The van der Waals surface area contributed by atoms with Crippen molar-refractivity contribution in [1.82, 2.24) is 10.2 Å². The van der Waals surface area contributed by atoms with E-state index in [0.717, 1.165) is 18.8 Å². The number of nitriles is 1. The Bertz CT molecular complexity index is 241. The molecule has 0 radical (unpaired) electrons. The maximum atomic E-state index is 8.59. The highest BCUT2D eigenvalue weighted by Gasteiger charge is 2.25. The Hall–Kier alpha value is -1.01. The van der Waals surface area contributed by atoms with Crippen molar-refractivity contribution in [2.24, 2.45) is 5.92 Å². The Labute approximate surface area is 86.4 Å². The monoisotopic (exact) mass is 193 g/mol. The number of hydrogen-bond acceptors (Lipinski definition) is 3. The number of likely N-dealkylation sites (tertiary alicyclic amines) is 1. The lowest BCUT2D eigenvalue weighted by atomic mass is 9.93. The first-order valence-corrected chi connectivity index (χ1v) is 5.16. The first kappa shape index (κ1) is 11.1. The molecule has 1 N–H and O–H groups in total. The number of nitrogens with zero attached hydrogens (tertiary/aromatic N) is 2. The molecule has 3 nitrogen and oxygen atoms in total. The fraction of sp³-hybridized carbons (Fsp3) is 0.727. The molecule has 0 saturated carbocycles. The molecule has 3 heteroatoms. The normalized spacial score (nSPS) is 27.1. The Morgan fingerprint density at radius 3 is 3.00 bits per heavy atom. The van der Waals surface area contributed by atoms with E-state index in [1.54, 1.807) is 0 Å². The third-order valence-corrected chi connectivity index (χ3v) is 3.06. The summed E-state index contributed by atoms with van der Waals surface area (Å²) < 4.78 is 0. The second-order valence-corrected chi connectivity index (χ2v) is 4.01. The summed E-state index contributed by atoms with van der Waals surface area (Å²) in [4.78, 5) is 2.23. The van der Waals surface area contributed by atoms with Crippen LogP contribution in [0.1, 0.15) is 19.8 Å². The van der Waals surface area contributed by atoms with E-state index in [-0.39, 0.29) is 0 Å².